The number of phenolic OH excluding ortho intramolecular Hbond substituents is 1. The van der Waals surface area contributed by atoms with E-state index in [-0.39, 0.29) is 24.2 Å². The van der Waals surface area contributed by atoms with Crippen molar-refractivity contribution in [1.29, 1.82) is 0 Å². The van der Waals surface area contributed by atoms with Gasteiger partial charge in [-0.2, -0.15) is 0 Å². The molecule has 0 spiro atoms. The standard InChI is InChI=1S/C27H37N3O5/c1-7-19(3)30(23(32)17-29-26(34)35-27(4,5)6)24(21-13-14-22(31)18(2)15-21)25(33)28-16-20-11-9-8-10-12-20/h8-15,19,24,31H,7,16-17H2,1-6H3,(H,28,33)(H,29,34). The van der Waals surface area contributed by atoms with Crippen molar-refractivity contribution < 1.29 is 24.2 Å². The van der Waals surface area contributed by atoms with E-state index in [1.807, 2.05) is 44.2 Å². The number of aromatic hydroxyl groups is 1. The number of hydrogen-bond acceptors (Lipinski definition) is 5. The first-order valence-corrected chi connectivity index (χ1v) is 11.8. The summed E-state index contributed by atoms with van der Waals surface area (Å²) in [6.07, 6.45) is -0.113. The number of rotatable bonds is 9. The molecule has 0 aromatic heterocycles. The number of ether oxygens (including phenoxy) is 1. The number of carbonyl (C=O) groups excluding carboxylic acids is 3. The Labute approximate surface area is 207 Å². The third-order valence-electron chi connectivity index (χ3n) is 5.51. The Balaban J connectivity index is 2.35. The van der Waals surface area contributed by atoms with Crippen molar-refractivity contribution in [1.82, 2.24) is 15.5 Å². The molecule has 0 heterocycles. The Morgan fingerprint density at radius 3 is 2.29 bits per heavy atom. The van der Waals surface area contributed by atoms with Crippen molar-refractivity contribution in [3.63, 3.8) is 0 Å². The summed E-state index contributed by atoms with van der Waals surface area (Å²) in [5, 5.41) is 15.4. The Morgan fingerprint density at radius 2 is 1.71 bits per heavy atom. The molecule has 2 atom stereocenters. The Bertz CT molecular complexity index is 1020. The normalized spacial score (nSPS) is 12.9. The van der Waals surface area contributed by atoms with Crippen LogP contribution >= 0.6 is 0 Å². The highest BCUT2D eigenvalue weighted by Crippen LogP contribution is 2.28. The summed E-state index contributed by atoms with van der Waals surface area (Å²) in [5.74, 6) is -0.675. The zero-order valence-corrected chi connectivity index (χ0v) is 21.4. The van der Waals surface area contributed by atoms with Crippen molar-refractivity contribution in [2.75, 3.05) is 6.54 Å². The molecular weight excluding hydrogens is 446 g/mol. The first-order valence-electron chi connectivity index (χ1n) is 11.8. The number of alkyl carbamates (subject to hydrolysis) is 1. The first-order chi connectivity index (χ1) is 16.4. The number of phenols is 1. The van der Waals surface area contributed by atoms with Crippen molar-refractivity contribution in [3.05, 3.63) is 65.2 Å². The number of amides is 3. The second-order valence-corrected chi connectivity index (χ2v) is 9.57. The van der Waals surface area contributed by atoms with Gasteiger partial charge < -0.3 is 25.4 Å². The van der Waals surface area contributed by atoms with Gasteiger partial charge in [-0.1, -0.05) is 43.3 Å². The summed E-state index contributed by atoms with van der Waals surface area (Å²) in [7, 11) is 0. The molecule has 2 rings (SSSR count). The lowest BCUT2D eigenvalue weighted by Gasteiger charge is -2.36. The zero-order chi connectivity index (χ0) is 26.2. The zero-order valence-electron chi connectivity index (χ0n) is 21.4. The van der Waals surface area contributed by atoms with E-state index in [4.69, 9.17) is 4.74 Å². The van der Waals surface area contributed by atoms with Gasteiger partial charge in [0.25, 0.3) is 0 Å². The lowest BCUT2D eigenvalue weighted by atomic mass is 9.99. The molecule has 2 aromatic carbocycles. The highest BCUT2D eigenvalue weighted by molar-refractivity contribution is 5.90. The lowest BCUT2D eigenvalue weighted by molar-refractivity contribution is -0.142. The van der Waals surface area contributed by atoms with E-state index < -0.39 is 23.6 Å². The quantitative estimate of drug-likeness (QED) is 0.495. The van der Waals surface area contributed by atoms with E-state index in [1.165, 1.54) is 11.0 Å². The fourth-order valence-electron chi connectivity index (χ4n) is 3.56. The van der Waals surface area contributed by atoms with Crippen LogP contribution in [-0.4, -0.2) is 46.1 Å². The first kappa shape index (κ1) is 27.7. The minimum absolute atomic E-state index is 0.102. The van der Waals surface area contributed by atoms with E-state index in [1.54, 1.807) is 39.8 Å². The summed E-state index contributed by atoms with van der Waals surface area (Å²) in [5.41, 5.74) is 1.38. The van der Waals surface area contributed by atoms with Crippen LogP contribution in [0.5, 0.6) is 5.75 Å². The van der Waals surface area contributed by atoms with Crippen molar-refractivity contribution in [2.24, 2.45) is 0 Å². The molecule has 0 saturated heterocycles. The molecule has 190 valence electrons. The van der Waals surface area contributed by atoms with Gasteiger partial charge in [0, 0.05) is 12.6 Å². The molecule has 0 aliphatic heterocycles. The fraction of sp³-hybridized carbons (Fsp3) is 0.444. The van der Waals surface area contributed by atoms with Gasteiger partial charge in [-0.15, -0.1) is 0 Å². The average Bonchev–Trinajstić information content (AvgIpc) is 2.80. The maximum atomic E-state index is 13.5. The van der Waals surface area contributed by atoms with Crippen LogP contribution < -0.4 is 10.6 Å². The number of hydrogen-bond donors (Lipinski definition) is 3. The van der Waals surface area contributed by atoms with Crippen LogP contribution in [0.2, 0.25) is 0 Å². The molecule has 35 heavy (non-hydrogen) atoms. The summed E-state index contributed by atoms with van der Waals surface area (Å²) in [6, 6.07) is 13.1. The largest absolute Gasteiger partial charge is 0.508 e. The molecule has 0 bridgehead atoms. The van der Waals surface area contributed by atoms with Gasteiger partial charge in [0.2, 0.25) is 11.8 Å². The van der Waals surface area contributed by atoms with Crippen molar-refractivity contribution in [2.45, 2.75) is 72.2 Å². The van der Waals surface area contributed by atoms with Gasteiger partial charge in [0.15, 0.2) is 0 Å². The molecule has 2 unspecified atom stereocenters. The monoisotopic (exact) mass is 483 g/mol. The summed E-state index contributed by atoms with van der Waals surface area (Å²) in [4.78, 5) is 40.5. The number of carbonyl (C=O) groups is 3. The van der Waals surface area contributed by atoms with E-state index in [9.17, 15) is 19.5 Å². The summed E-state index contributed by atoms with van der Waals surface area (Å²) in [6.45, 7) is 10.7. The fourth-order valence-corrected chi connectivity index (χ4v) is 3.56. The Hall–Kier alpha value is -3.55. The molecule has 0 aliphatic carbocycles. The number of aryl methyl sites for hydroxylation is 1. The third-order valence-corrected chi connectivity index (χ3v) is 5.51. The number of nitrogens with zero attached hydrogens (tertiary/aromatic N) is 1. The number of nitrogens with one attached hydrogen (secondary N) is 2. The lowest BCUT2D eigenvalue weighted by Crippen LogP contribution is -2.51. The van der Waals surface area contributed by atoms with Crippen LogP contribution in [0.25, 0.3) is 0 Å². The Morgan fingerprint density at radius 1 is 1.06 bits per heavy atom. The van der Waals surface area contributed by atoms with E-state index >= 15 is 0 Å². The maximum absolute atomic E-state index is 13.5. The highest BCUT2D eigenvalue weighted by Gasteiger charge is 2.34. The van der Waals surface area contributed by atoms with E-state index in [2.05, 4.69) is 10.6 Å². The van der Waals surface area contributed by atoms with Gasteiger partial charge in [0.05, 0.1) is 0 Å². The van der Waals surface area contributed by atoms with Gasteiger partial charge in [0.1, 0.15) is 23.9 Å². The average molecular weight is 484 g/mol. The molecule has 0 fully saturated rings. The van der Waals surface area contributed by atoms with Crippen LogP contribution in [0, 0.1) is 6.92 Å². The molecule has 0 radical (unpaired) electrons. The number of benzene rings is 2. The smallest absolute Gasteiger partial charge is 0.408 e. The molecule has 8 nitrogen and oxygen atoms in total. The second kappa shape index (κ2) is 12.2. The molecule has 3 N–H and O–H groups in total. The van der Waals surface area contributed by atoms with Crippen LogP contribution in [0.15, 0.2) is 48.5 Å². The molecule has 0 aliphatic rings. The van der Waals surface area contributed by atoms with Gasteiger partial charge >= 0.3 is 6.09 Å². The molecule has 8 heteroatoms. The predicted octanol–water partition coefficient (Wildman–Crippen LogP) is 4.21. The maximum Gasteiger partial charge on any atom is 0.408 e. The molecule has 3 amide bonds. The summed E-state index contributed by atoms with van der Waals surface area (Å²) < 4.78 is 5.24. The van der Waals surface area contributed by atoms with E-state index in [0.717, 1.165) is 5.56 Å². The van der Waals surface area contributed by atoms with Gasteiger partial charge in [-0.3, -0.25) is 9.59 Å². The van der Waals surface area contributed by atoms with Crippen molar-refractivity contribution in [3.8, 4) is 5.75 Å². The molecular formula is C27H37N3O5. The third kappa shape index (κ3) is 8.31. The minimum atomic E-state index is -0.958. The van der Waals surface area contributed by atoms with Crippen molar-refractivity contribution >= 4 is 17.9 Å². The van der Waals surface area contributed by atoms with Gasteiger partial charge in [-0.25, -0.2) is 4.79 Å². The highest BCUT2D eigenvalue weighted by atomic mass is 16.6. The Kier molecular flexibility index (Phi) is 9.68. The predicted molar refractivity (Wildman–Crippen MR) is 135 cm³/mol. The minimum Gasteiger partial charge on any atom is -0.508 e. The second-order valence-electron chi connectivity index (χ2n) is 9.57. The summed E-state index contributed by atoms with van der Waals surface area (Å²) >= 11 is 0. The van der Waals surface area contributed by atoms with Crippen LogP contribution in [0.3, 0.4) is 0 Å². The van der Waals surface area contributed by atoms with E-state index in [0.29, 0.717) is 24.1 Å². The SMILES string of the molecule is CCC(C)N(C(=O)CNC(=O)OC(C)(C)C)C(C(=O)NCc1ccccc1)c1ccc(O)c(C)c1. The molecule has 0 saturated carbocycles. The van der Waals surface area contributed by atoms with Gasteiger partial charge in [-0.05, 0) is 69.9 Å². The van der Waals surface area contributed by atoms with Crippen LogP contribution in [-0.2, 0) is 20.9 Å². The van der Waals surface area contributed by atoms with Crippen LogP contribution in [0.4, 0.5) is 4.79 Å². The molecule has 2 aromatic rings. The van der Waals surface area contributed by atoms with Crippen LogP contribution in [0.1, 0.15) is 63.8 Å². The topological polar surface area (TPSA) is 108 Å².